The summed E-state index contributed by atoms with van der Waals surface area (Å²) in [6.45, 7) is -0.369. The number of hydrogen-bond donors (Lipinski definition) is 1. The Kier molecular flexibility index (Phi) is 8.92. The van der Waals surface area contributed by atoms with Crippen molar-refractivity contribution in [3.05, 3.63) is 90.9 Å². The minimum atomic E-state index is -1.14. The molecule has 0 aliphatic carbocycles. The highest BCUT2D eigenvalue weighted by molar-refractivity contribution is 8.13. The van der Waals surface area contributed by atoms with Gasteiger partial charge in [0.05, 0.1) is 28.3 Å². The number of thioether (sulfide) groups is 1. The highest BCUT2D eigenvalue weighted by Crippen LogP contribution is 2.44. The number of carbonyl (C=O) groups is 3. The van der Waals surface area contributed by atoms with E-state index in [0.29, 0.717) is 32.9 Å². The number of methoxy groups -OCH3 is 1. The highest BCUT2D eigenvalue weighted by atomic mass is 35.5. The minimum Gasteiger partial charge on any atom is -0.496 e. The molecule has 15 heteroatoms. The van der Waals surface area contributed by atoms with E-state index in [4.69, 9.17) is 26.8 Å². The Morgan fingerprint density at radius 2 is 2.00 bits per heavy atom. The predicted octanol–water partition coefficient (Wildman–Crippen LogP) is 5.70. The molecule has 0 saturated heterocycles. The van der Waals surface area contributed by atoms with E-state index >= 15 is 0 Å². The molecular formula is C25H19ClFN3O8S2. The number of ether oxygens (including phenoxy) is 2. The van der Waals surface area contributed by atoms with E-state index in [9.17, 15) is 28.9 Å². The maximum absolute atomic E-state index is 14.5. The molecule has 3 amide bonds. The summed E-state index contributed by atoms with van der Waals surface area (Å²) in [7, 11) is 1.44. The summed E-state index contributed by atoms with van der Waals surface area (Å²) in [5.74, 6) is -2.27. The van der Waals surface area contributed by atoms with E-state index in [2.05, 4.69) is 4.84 Å². The second-order valence-corrected chi connectivity index (χ2v) is 10.4. The summed E-state index contributed by atoms with van der Waals surface area (Å²) >= 11 is 7.68. The number of rotatable bonds is 9. The lowest BCUT2D eigenvalue weighted by Crippen LogP contribution is -2.38. The van der Waals surface area contributed by atoms with E-state index < -0.39 is 34.1 Å². The topological polar surface area (TPSA) is 151 Å². The Hall–Kier alpha value is -4.14. The average Bonchev–Trinajstić information content (AvgIpc) is 3.54. The van der Waals surface area contributed by atoms with Crippen LogP contribution in [0.5, 0.6) is 5.75 Å². The summed E-state index contributed by atoms with van der Waals surface area (Å²) in [4.78, 5) is 54.9. The average molecular weight is 608 g/mol. The molecule has 0 bridgehead atoms. The van der Waals surface area contributed by atoms with Crippen LogP contribution in [0.4, 0.5) is 19.7 Å². The Balaban J connectivity index is 1.68. The SMILES string of the molecule is COc1ccccc1C(CO[N+](=O)[O-])CSC(=O)O/C(=C1\C(=O)N(C(N)=O)c2cc(Cl)c(F)cc21)c1cccs1. The zero-order valence-electron chi connectivity index (χ0n) is 20.5. The first-order chi connectivity index (χ1) is 19.1. The second-order valence-electron chi connectivity index (χ2n) is 8.07. The van der Waals surface area contributed by atoms with E-state index in [0.717, 1.165) is 23.5 Å². The van der Waals surface area contributed by atoms with Crippen LogP contribution in [-0.2, 0) is 14.4 Å². The molecule has 0 fully saturated rings. The summed E-state index contributed by atoms with van der Waals surface area (Å²) in [6, 6.07) is 10.9. The molecule has 2 heterocycles. The molecule has 1 aliphatic heterocycles. The molecule has 1 aliphatic rings. The summed E-state index contributed by atoms with van der Waals surface area (Å²) < 4.78 is 25.4. The summed E-state index contributed by atoms with van der Waals surface area (Å²) in [6.07, 6.45) is 0. The molecule has 1 unspecified atom stereocenters. The van der Waals surface area contributed by atoms with Crippen molar-refractivity contribution in [1.82, 2.24) is 0 Å². The van der Waals surface area contributed by atoms with Gasteiger partial charge in [0, 0.05) is 17.2 Å². The van der Waals surface area contributed by atoms with Crippen LogP contribution in [0.1, 0.15) is 21.9 Å². The van der Waals surface area contributed by atoms with Crippen LogP contribution < -0.4 is 15.4 Å². The van der Waals surface area contributed by atoms with Crippen molar-refractivity contribution in [2.75, 3.05) is 24.4 Å². The summed E-state index contributed by atoms with van der Waals surface area (Å²) in [5.41, 5.74) is 5.60. The third-order valence-corrected chi connectivity index (χ3v) is 7.75. The number of fused-ring (bicyclic) bond motifs is 1. The smallest absolute Gasteiger partial charge is 0.372 e. The minimum absolute atomic E-state index is 0.0255. The van der Waals surface area contributed by atoms with Gasteiger partial charge in [-0.1, -0.05) is 35.9 Å². The number of imide groups is 1. The van der Waals surface area contributed by atoms with Gasteiger partial charge in [0.15, 0.2) is 5.76 Å². The molecule has 1 aromatic heterocycles. The third-order valence-electron chi connectivity index (χ3n) is 5.71. The Morgan fingerprint density at radius 1 is 1.25 bits per heavy atom. The van der Waals surface area contributed by atoms with Crippen molar-refractivity contribution in [3.63, 3.8) is 0 Å². The maximum Gasteiger partial charge on any atom is 0.372 e. The van der Waals surface area contributed by atoms with Crippen molar-refractivity contribution >= 4 is 69.0 Å². The van der Waals surface area contributed by atoms with Gasteiger partial charge >= 0.3 is 11.3 Å². The van der Waals surface area contributed by atoms with Gasteiger partial charge in [0.2, 0.25) is 0 Å². The quantitative estimate of drug-likeness (QED) is 0.106. The van der Waals surface area contributed by atoms with Gasteiger partial charge in [-0.2, -0.15) is 0 Å². The number of nitrogens with two attached hydrogens (primary N) is 1. The van der Waals surface area contributed by atoms with Crippen molar-refractivity contribution < 1.29 is 38.2 Å². The van der Waals surface area contributed by atoms with Crippen molar-refractivity contribution in [1.29, 1.82) is 0 Å². The number of halogens is 2. The van der Waals surface area contributed by atoms with Crippen LogP contribution >= 0.6 is 34.7 Å². The molecule has 11 nitrogen and oxygen atoms in total. The molecule has 0 spiro atoms. The van der Waals surface area contributed by atoms with E-state index in [1.807, 2.05) is 0 Å². The molecule has 208 valence electrons. The van der Waals surface area contributed by atoms with Gasteiger partial charge in [-0.25, -0.2) is 18.9 Å². The molecule has 1 atom stereocenters. The zero-order valence-corrected chi connectivity index (χ0v) is 22.9. The van der Waals surface area contributed by atoms with Crippen LogP contribution in [0.2, 0.25) is 5.02 Å². The number of anilines is 1. The molecule has 2 N–H and O–H groups in total. The fraction of sp³-hybridized carbons (Fsp3) is 0.160. The fourth-order valence-corrected chi connectivity index (χ4v) is 5.62. The molecule has 3 aromatic rings. The first-order valence-electron chi connectivity index (χ1n) is 11.3. The fourth-order valence-electron chi connectivity index (χ4n) is 3.99. The lowest BCUT2D eigenvalue weighted by atomic mass is 10.0. The molecule has 4 rings (SSSR count). The standard InChI is InChI=1S/C25H19ClFN3O8S2/c1-36-19-6-3-2-5-14(19)13(11-37-30(34)35)12-40-25(33)38-22(20-7-4-8-39-20)21-15-9-17(27)16(26)10-18(15)29(23(21)31)24(28)32/h2-10,13H,11-12H2,1H3,(H2,28,32)/b22-21-. The lowest BCUT2D eigenvalue weighted by Gasteiger charge is -2.18. The number of thiophene rings is 1. The molecular weight excluding hydrogens is 589 g/mol. The summed E-state index contributed by atoms with van der Waals surface area (Å²) in [5, 5.41) is 10.4. The first kappa shape index (κ1) is 28.9. The molecule has 0 saturated carbocycles. The number of amides is 3. The maximum atomic E-state index is 14.5. The normalized spacial score (nSPS) is 14.4. The number of carbonyl (C=O) groups excluding carboxylic acids is 3. The Bertz CT molecular complexity index is 1520. The van der Waals surface area contributed by atoms with Crippen molar-refractivity contribution in [2.24, 2.45) is 5.73 Å². The van der Waals surface area contributed by atoms with E-state index in [1.165, 1.54) is 7.11 Å². The molecule has 0 radical (unpaired) electrons. The van der Waals surface area contributed by atoms with Crippen LogP contribution in [0, 0.1) is 15.9 Å². The van der Waals surface area contributed by atoms with Crippen LogP contribution in [0.25, 0.3) is 11.3 Å². The Morgan fingerprint density at radius 3 is 2.65 bits per heavy atom. The van der Waals surface area contributed by atoms with Crippen LogP contribution in [0.3, 0.4) is 0 Å². The number of para-hydroxylation sites is 1. The van der Waals surface area contributed by atoms with E-state index in [1.54, 1.807) is 41.8 Å². The largest absolute Gasteiger partial charge is 0.496 e. The monoisotopic (exact) mass is 607 g/mol. The van der Waals surface area contributed by atoms with Gasteiger partial charge in [0.25, 0.3) is 11.0 Å². The Labute approximate surface area is 239 Å². The van der Waals surface area contributed by atoms with Gasteiger partial charge in [0.1, 0.15) is 18.2 Å². The van der Waals surface area contributed by atoms with Crippen molar-refractivity contribution in [3.8, 4) is 5.75 Å². The van der Waals surface area contributed by atoms with Gasteiger partial charge in [-0.3, -0.25) is 4.79 Å². The second kappa shape index (κ2) is 12.4. The number of benzene rings is 2. The van der Waals surface area contributed by atoms with E-state index in [-0.39, 0.29) is 40.0 Å². The first-order valence-corrected chi connectivity index (χ1v) is 13.5. The third kappa shape index (κ3) is 6.03. The van der Waals surface area contributed by atoms with Gasteiger partial charge in [-0.05, 0) is 47.0 Å². The number of urea groups is 1. The zero-order chi connectivity index (χ0) is 29.0. The van der Waals surface area contributed by atoms with Gasteiger partial charge in [-0.15, -0.1) is 21.5 Å². The van der Waals surface area contributed by atoms with Crippen molar-refractivity contribution in [2.45, 2.75) is 5.92 Å². The van der Waals surface area contributed by atoms with Crippen LogP contribution in [0.15, 0.2) is 53.9 Å². The van der Waals surface area contributed by atoms with Crippen LogP contribution in [-0.4, -0.2) is 41.8 Å². The highest BCUT2D eigenvalue weighted by Gasteiger charge is 2.40. The molecule has 2 aromatic carbocycles. The van der Waals surface area contributed by atoms with Gasteiger partial charge < -0.3 is 20.0 Å². The number of primary amides is 1. The molecule has 40 heavy (non-hydrogen) atoms. The lowest BCUT2D eigenvalue weighted by molar-refractivity contribution is -0.758. The predicted molar refractivity (Wildman–Crippen MR) is 147 cm³/mol. The number of nitrogens with zero attached hydrogens (tertiary/aromatic N) is 2. The number of hydrogen-bond acceptors (Lipinski definition) is 10.